The minimum atomic E-state index is 0.150. The molecule has 0 aliphatic carbocycles. The number of fused-ring (bicyclic) bond motifs is 1. The molecule has 0 amide bonds. The van der Waals surface area contributed by atoms with Crippen molar-refractivity contribution in [3.8, 4) is 0 Å². The summed E-state index contributed by atoms with van der Waals surface area (Å²) in [6.07, 6.45) is 7.16. The zero-order valence-electron chi connectivity index (χ0n) is 14.5. The predicted octanol–water partition coefficient (Wildman–Crippen LogP) is 2.42. The summed E-state index contributed by atoms with van der Waals surface area (Å²) in [6.45, 7) is 2.88. The van der Waals surface area contributed by atoms with Gasteiger partial charge in [-0.05, 0) is 36.5 Å². The van der Waals surface area contributed by atoms with Gasteiger partial charge in [-0.1, -0.05) is 12.1 Å². The van der Waals surface area contributed by atoms with Crippen molar-refractivity contribution < 1.29 is 4.74 Å². The molecule has 0 radical (unpaired) electrons. The minimum Gasteiger partial charge on any atom is -0.374 e. The van der Waals surface area contributed by atoms with Crippen molar-refractivity contribution in [2.45, 2.75) is 38.0 Å². The van der Waals surface area contributed by atoms with Gasteiger partial charge < -0.3 is 19.5 Å². The van der Waals surface area contributed by atoms with E-state index in [0.29, 0.717) is 6.04 Å². The highest BCUT2D eigenvalue weighted by molar-refractivity contribution is 5.58. The number of aryl methyl sites for hydroxylation is 1. The van der Waals surface area contributed by atoms with Gasteiger partial charge in [-0.25, -0.2) is 4.98 Å². The average molecular weight is 326 g/mol. The standard InChI is InChI=1S/C19H26N4O/c1-22-7-5-15-9-14(3-4-17(15)22)11-21-16-6-8-24-19(10-16)18-12-20-13-23(18)2/h3-4,9,12-13,16,19,21H,5-8,10-11H2,1-2H3/t16-,19+/m1/s1. The van der Waals surface area contributed by atoms with Crippen molar-refractivity contribution in [1.29, 1.82) is 0 Å². The first kappa shape index (κ1) is 15.7. The highest BCUT2D eigenvalue weighted by Crippen LogP contribution is 2.29. The van der Waals surface area contributed by atoms with Crippen LogP contribution < -0.4 is 10.2 Å². The molecule has 2 atom stereocenters. The smallest absolute Gasteiger partial charge is 0.100 e. The number of anilines is 1. The van der Waals surface area contributed by atoms with Crippen LogP contribution in [0, 0.1) is 0 Å². The summed E-state index contributed by atoms with van der Waals surface area (Å²) >= 11 is 0. The quantitative estimate of drug-likeness (QED) is 0.937. The van der Waals surface area contributed by atoms with Gasteiger partial charge in [0.25, 0.3) is 0 Å². The van der Waals surface area contributed by atoms with Gasteiger partial charge >= 0.3 is 0 Å². The molecular weight excluding hydrogens is 300 g/mol. The molecule has 0 unspecified atom stereocenters. The number of hydrogen-bond donors (Lipinski definition) is 1. The van der Waals surface area contributed by atoms with Crippen LogP contribution in [0.4, 0.5) is 5.69 Å². The van der Waals surface area contributed by atoms with Crippen LogP contribution in [-0.4, -0.2) is 35.8 Å². The Bertz CT molecular complexity index is 711. The van der Waals surface area contributed by atoms with E-state index >= 15 is 0 Å². The first-order chi connectivity index (χ1) is 11.7. The molecule has 5 heteroatoms. The largest absolute Gasteiger partial charge is 0.374 e. The fourth-order valence-electron chi connectivity index (χ4n) is 3.86. The second kappa shape index (κ2) is 6.57. The number of hydrogen-bond acceptors (Lipinski definition) is 4. The minimum absolute atomic E-state index is 0.150. The maximum atomic E-state index is 5.95. The van der Waals surface area contributed by atoms with E-state index < -0.39 is 0 Å². The third-order valence-electron chi connectivity index (χ3n) is 5.33. The van der Waals surface area contributed by atoms with Crippen LogP contribution in [0.3, 0.4) is 0 Å². The Morgan fingerprint density at radius 1 is 1.33 bits per heavy atom. The summed E-state index contributed by atoms with van der Waals surface area (Å²) in [5.74, 6) is 0. The van der Waals surface area contributed by atoms with Gasteiger partial charge in [0.2, 0.25) is 0 Å². The second-order valence-electron chi connectivity index (χ2n) is 7.03. The van der Waals surface area contributed by atoms with E-state index in [-0.39, 0.29) is 6.10 Å². The third-order valence-corrected chi connectivity index (χ3v) is 5.33. The van der Waals surface area contributed by atoms with E-state index in [2.05, 4.69) is 45.0 Å². The Balaban J connectivity index is 1.37. The van der Waals surface area contributed by atoms with Gasteiger partial charge in [0.05, 0.1) is 18.2 Å². The SMILES string of the molecule is CN1CCc2cc(CN[C@@H]3CCO[C@H](c4cncn4C)C3)ccc21. The number of nitrogens with one attached hydrogen (secondary N) is 1. The van der Waals surface area contributed by atoms with Crippen molar-refractivity contribution in [3.05, 3.63) is 47.5 Å². The van der Waals surface area contributed by atoms with Crippen molar-refractivity contribution in [2.75, 3.05) is 25.1 Å². The molecule has 1 aromatic heterocycles. The van der Waals surface area contributed by atoms with Crippen LogP contribution in [-0.2, 0) is 24.8 Å². The van der Waals surface area contributed by atoms with Gasteiger partial charge in [-0.15, -0.1) is 0 Å². The number of aromatic nitrogens is 2. The summed E-state index contributed by atoms with van der Waals surface area (Å²) in [4.78, 5) is 6.55. The highest BCUT2D eigenvalue weighted by atomic mass is 16.5. The molecule has 0 saturated carbocycles. The van der Waals surface area contributed by atoms with E-state index in [0.717, 1.165) is 32.5 Å². The van der Waals surface area contributed by atoms with Crippen molar-refractivity contribution in [3.63, 3.8) is 0 Å². The molecule has 1 saturated heterocycles. The van der Waals surface area contributed by atoms with Gasteiger partial charge in [-0.3, -0.25) is 0 Å². The molecule has 2 aliphatic heterocycles. The summed E-state index contributed by atoms with van der Waals surface area (Å²) in [5, 5.41) is 3.73. The van der Waals surface area contributed by atoms with E-state index in [1.165, 1.54) is 28.9 Å². The summed E-state index contributed by atoms with van der Waals surface area (Å²) in [7, 11) is 4.20. The maximum Gasteiger partial charge on any atom is 0.100 e. The second-order valence-corrected chi connectivity index (χ2v) is 7.03. The fourth-order valence-corrected chi connectivity index (χ4v) is 3.86. The molecule has 128 valence electrons. The van der Waals surface area contributed by atoms with Crippen LogP contribution in [0.15, 0.2) is 30.7 Å². The molecule has 24 heavy (non-hydrogen) atoms. The molecule has 1 fully saturated rings. The first-order valence-electron chi connectivity index (χ1n) is 8.85. The number of likely N-dealkylation sites (N-methyl/N-ethyl adjacent to an activating group) is 1. The number of benzene rings is 1. The van der Waals surface area contributed by atoms with Crippen molar-refractivity contribution in [1.82, 2.24) is 14.9 Å². The van der Waals surface area contributed by atoms with Crippen molar-refractivity contribution in [2.24, 2.45) is 7.05 Å². The van der Waals surface area contributed by atoms with Crippen LogP contribution >= 0.6 is 0 Å². The van der Waals surface area contributed by atoms with Gasteiger partial charge in [0, 0.05) is 45.5 Å². The van der Waals surface area contributed by atoms with Gasteiger partial charge in [-0.2, -0.15) is 0 Å². The van der Waals surface area contributed by atoms with Crippen LogP contribution in [0.2, 0.25) is 0 Å². The fraction of sp³-hybridized carbons (Fsp3) is 0.526. The molecule has 1 N–H and O–H groups in total. The Labute approximate surface area is 143 Å². The molecule has 0 bridgehead atoms. The lowest BCUT2D eigenvalue weighted by Crippen LogP contribution is -2.36. The molecular formula is C19H26N4O. The van der Waals surface area contributed by atoms with E-state index in [1.54, 1.807) is 0 Å². The van der Waals surface area contributed by atoms with Crippen molar-refractivity contribution >= 4 is 5.69 Å². The van der Waals surface area contributed by atoms with E-state index in [4.69, 9.17) is 4.74 Å². The lowest BCUT2D eigenvalue weighted by molar-refractivity contribution is -0.00404. The Morgan fingerprint density at radius 3 is 3.08 bits per heavy atom. The molecule has 1 aromatic carbocycles. The predicted molar refractivity (Wildman–Crippen MR) is 95.2 cm³/mol. The lowest BCUT2D eigenvalue weighted by Gasteiger charge is -2.30. The summed E-state index contributed by atoms with van der Waals surface area (Å²) < 4.78 is 8.01. The molecule has 5 nitrogen and oxygen atoms in total. The molecule has 0 spiro atoms. The summed E-state index contributed by atoms with van der Waals surface area (Å²) in [6, 6.07) is 7.38. The monoisotopic (exact) mass is 326 g/mol. The Morgan fingerprint density at radius 2 is 2.25 bits per heavy atom. The zero-order chi connectivity index (χ0) is 16.5. The molecule has 2 aliphatic rings. The molecule has 2 aromatic rings. The molecule has 3 heterocycles. The first-order valence-corrected chi connectivity index (χ1v) is 8.85. The maximum absolute atomic E-state index is 5.95. The lowest BCUT2D eigenvalue weighted by atomic mass is 10.0. The van der Waals surface area contributed by atoms with Crippen LogP contribution in [0.5, 0.6) is 0 Å². The van der Waals surface area contributed by atoms with Crippen LogP contribution in [0.1, 0.15) is 35.8 Å². The van der Waals surface area contributed by atoms with E-state index in [1.807, 2.05) is 19.6 Å². The highest BCUT2D eigenvalue weighted by Gasteiger charge is 2.25. The third kappa shape index (κ3) is 3.06. The normalized spacial score (nSPS) is 23.5. The average Bonchev–Trinajstić information content (AvgIpc) is 3.19. The van der Waals surface area contributed by atoms with Crippen LogP contribution in [0.25, 0.3) is 0 Å². The number of nitrogens with zero attached hydrogens (tertiary/aromatic N) is 3. The number of ether oxygens (including phenoxy) is 1. The number of rotatable bonds is 4. The zero-order valence-corrected chi connectivity index (χ0v) is 14.5. The Kier molecular flexibility index (Phi) is 4.29. The number of imidazole rings is 1. The Hall–Kier alpha value is -1.85. The summed E-state index contributed by atoms with van der Waals surface area (Å²) in [5.41, 5.74) is 5.42. The topological polar surface area (TPSA) is 42.3 Å². The molecule has 4 rings (SSSR count). The van der Waals surface area contributed by atoms with E-state index in [9.17, 15) is 0 Å². The van der Waals surface area contributed by atoms with Gasteiger partial charge in [0.15, 0.2) is 0 Å². The van der Waals surface area contributed by atoms with Gasteiger partial charge in [0.1, 0.15) is 6.10 Å².